The average Bonchev–Trinajstić information content (AvgIpc) is 2.01. The summed E-state index contributed by atoms with van der Waals surface area (Å²) in [5, 5.41) is 6.85. The molecule has 0 unspecified atom stereocenters. The Morgan fingerprint density at radius 2 is 2.36 bits per heavy atom. The van der Waals surface area contributed by atoms with Crippen LogP contribution in [0.25, 0.3) is 0 Å². The van der Waals surface area contributed by atoms with Gasteiger partial charge in [-0.3, -0.25) is 0 Å². The summed E-state index contributed by atoms with van der Waals surface area (Å²) in [5.74, 6) is 0. The van der Waals surface area contributed by atoms with Crippen LogP contribution in [0.4, 0.5) is 0 Å². The molecule has 0 aliphatic carbocycles. The SMILES string of the molecule is C/C=C\C=C1\CCNC(=S)N1. The lowest BCUT2D eigenvalue weighted by Crippen LogP contribution is -2.40. The Hall–Kier alpha value is -0.830. The Morgan fingerprint density at radius 3 is 3.00 bits per heavy atom. The first-order valence-electron chi connectivity index (χ1n) is 3.69. The van der Waals surface area contributed by atoms with Crippen molar-refractivity contribution in [1.29, 1.82) is 0 Å². The number of allylic oxidation sites excluding steroid dienone is 3. The highest BCUT2D eigenvalue weighted by atomic mass is 32.1. The summed E-state index contributed by atoms with van der Waals surface area (Å²) >= 11 is 4.95. The van der Waals surface area contributed by atoms with E-state index in [9.17, 15) is 0 Å². The van der Waals surface area contributed by atoms with Crippen molar-refractivity contribution in [2.75, 3.05) is 6.54 Å². The quantitative estimate of drug-likeness (QED) is 0.577. The average molecular weight is 168 g/mol. The van der Waals surface area contributed by atoms with Gasteiger partial charge in [0.25, 0.3) is 0 Å². The first-order valence-corrected chi connectivity index (χ1v) is 4.10. The van der Waals surface area contributed by atoms with Crippen LogP contribution in [0.5, 0.6) is 0 Å². The minimum atomic E-state index is 0.729. The van der Waals surface area contributed by atoms with Crippen LogP contribution in [0.2, 0.25) is 0 Å². The molecule has 1 aliphatic rings. The van der Waals surface area contributed by atoms with Crippen molar-refractivity contribution in [1.82, 2.24) is 10.6 Å². The summed E-state index contributed by atoms with van der Waals surface area (Å²) in [6.45, 7) is 2.94. The van der Waals surface area contributed by atoms with E-state index < -0.39 is 0 Å². The van der Waals surface area contributed by atoms with Crippen LogP contribution >= 0.6 is 12.2 Å². The summed E-state index contributed by atoms with van der Waals surface area (Å²) in [6.07, 6.45) is 7.08. The minimum absolute atomic E-state index is 0.729. The lowest BCUT2D eigenvalue weighted by atomic mass is 10.2. The predicted molar refractivity (Wildman–Crippen MR) is 51.3 cm³/mol. The highest BCUT2D eigenvalue weighted by Crippen LogP contribution is 2.00. The van der Waals surface area contributed by atoms with Crippen LogP contribution in [0, 0.1) is 0 Å². The van der Waals surface area contributed by atoms with E-state index in [1.54, 1.807) is 0 Å². The van der Waals surface area contributed by atoms with Crippen LogP contribution < -0.4 is 10.6 Å². The van der Waals surface area contributed by atoms with Crippen molar-refractivity contribution in [2.24, 2.45) is 0 Å². The van der Waals surface area contributed by atoms with E-state index in [4.69, 9.17) is 12.2 Å². The van der Waals surface area contributed by atoms with Gasteiger partial charge in [-0.05, 0) is 25.2 Å². The molecular weight excluding hydrogens is 156 g/mol. The highest BCUT2D eigenvalue weighted by Gasteiger charge is 2.05. The zero-order chi connectivity index (χ0) is 8.10. The second-order valence-corrected chi connectivity index (χ2v) is 2.76. The van der Waals surface area contributed by atoms with Gasteiger partial charge in [-0.25, -0.2) is 0 Å². The normalized spacial score (nSPS) is 21.9. The lowest BCUT2D eigenvalue weighted by molar-refractivity contribution is 0.761. The molecule has 0 atom stereocenters. The van der Waals surface area contributed by atoms with Crippen LogP contribution in [-0.4, -0.2) is 11.7 Å². The van der Waals surface area contributed by atoms with Gasteiger partial charge in [0.2, 0.25) is 0 Å². The number of thiocarbonyl (C=S) groups is 1. The fraction of sp³-hybridized carbons (Fsp3) is 0.375. The molecule has 0 radical (unpaired) electrons. The lowest BCUT2D eigenvalue weighted by Gasteiger charge is -2.18. The smallest absolute Gasteiger partial charge is 0.170 e. The van der Waals surface area contributed by atoms with Crippen LogP contribution in [0.3, 0.4) is 0 Å². The fourth-order valence-electron chi connectivity index (χ4n) is 0.901. The van der Waals surface area contributed by atoms with Gasteiger partial charge in [-0.15, -0.1) is 0 Å². The monoisotopic (exact) mass is 168 g/mol. The topological polar surface area (TPSA) is 24.1 Å². The summed E-state index contributed by atoms with van der Waals surface area (Å²) < 4.78 is 0. The molecule has 1 heterocycles. The first-order chi connectivity index (χ1) is 5.33. The van der Waals surface area contributed by atoms with Gasteiger partial charge in [0.1, 0.15) is 0 Å². The molecule has 0 amide bonds. The van der Waals surface area contributed by atoms with Crippen molar-refractivity contribution in [3.63, 3.8) is 0 Å². The Balaban J connectivity index is 2.51. The molecule has 11 heavy (non-hydrogen) atoms. The summed E-state index contributed by atoms with van der Waals surface area (Å²) in [4.78, 5) is 0. The van der Waals surface area contributed by atoms with Crippen molar-refractivity contribution in [3.05, 3.63) is 23.9 Å². The zero-order valence-corrected chi connectivity index (χ0v) is 7.37. The maximum absolute atomic E-state index is 4.95. The second-order valence-electron chi connectivity index (χ2n) is 2.35. The van der Waals surface area contributed by atoms with E-state index in [1.807, 2.05) is 25.2 Å². The third-order valence-corrected chi connectivity index (χ3v) is 1.69. The van der Waals surface area contributed by atoms with Crippen LogP contribution in [0.15, 0.2) is 23.9 Å². The molecule has 3 heteroatoms. The van der Waals surface area contributed by atoms with Gasteiger partial charge in [0.05, 0.1) is 0 Å². The zero-order valence-electron chi connectivity index (χ0n) is 6.55. The number of hydrogen-bond donors (Lipinski definition) is 2. The largest absolute Gasteiger partial charge is 0.362 e. The number of nitrogens with one attached hydrogen (secondary N) is 2. The van der Waals surface area contributed by atoms with Gasteiger partial charge < -0.3 is 10.6 Å². The molecule has 1 aliphatic heterocycles. The van der Waals surface area contributed by atoms with Crippen molar-refractivity contribution in [3.8, 4) is 0 Å². The van der Waals surface area contributed by atoms with Gasteiger partial charge in [-0.1, -0.05) is 12.2 Å². The molecule has 0 aromatic heterocycles. The molecule has 1 rings (SSSR count). The molecule has 2 N–H and O–H groups in total. The van der Waals surface area contributed by atoms with Gasteiger partial charge >= 0.3 is 0 Å². The Labute approximate surface area is 72.4 Å². The van der Waals surface area contributed by atoms with Gasteiger partial charge in [0.15, 0.2) is 5.11 Å². The third-order valence-electron chi connectivity index (χ3n) is 1.44. The van der Waals surface area contributed by atoms with E-state index >= 15 is 0 Å². The van der Waals surface area contributed by atoms with E-state index in [0.717, 1.165) is 18.1 Å². The molecule has 0 aromatic carbocycles. The van der Waals surface area contributed by atoms with E-state index in [-0.39, 0.29) is 0 Å². The van der Waals surface area contributed by atoms with Crippen molar-refractivity contribution < 1.29 is 0 Å². The van der Waals surface area contributed by atoms with Crippen LogP contribution in [-0.2, 0) is 0 Å². The Kier molecular flexibility index (Phi) is 3.11. The highest BCUT2D eigenvalue weighted by molar-refractivity contribution is 7.80. The van der Waals surface area contributed by atoms with E-state index in [2.05, 4.69) is 10.6 Å². The van der Waals surface area contributed by atoms with E-state index in [1.165, 1.54) is 5.70 Å². The third kappa shape index (κ3) is 2.72. The summed E-state index contributed by atoms with van der Waals surface area (Å²) in [5.41, 5.74) is 1.19. The second kappa shape index (κ2) is 4.13. The molecule has 2 nitrogen and oxygen atoms in total. The molecule has 1 fully saturated rings. The van der Waals surface area contributed by atoms with Crippen molar-refractivity contribution >= 4 is 17.3 Å². The number of hydrogen-bond acceptors (Lipinski definition) is 1. The Bertz CT molecular complexity index is 206. The summed E-state index contributed by atoms with van der Waals surface area (Å²) in [6, 6.07) is 0. The standard InChI is InChI=1S/C8H12N2S/c1-2-3-4-7-5-6-9-8(11)10-7/h2-4H,5-6H2,1H3,(H2,9,10,11)/b3-2-,7-4-. The molecule has 60 valence electrons. The maximum atomic E-state index is 4.95. The first kappa shape index (κ1) is 8.27. The van der Waals surface area contributed by atoms with Gasteiger partial charge in [0, 0.05) is 18.7 Å². The molecule has 0 spiro atoms. The number of rotatable bonds is 1. The fourth-order valence-corrected chi connectivity index (χ4v) is 1.13. The maximum Gasteiger partial charge on any atom is 0.170 e. The minimum Gasteiger partial charge on any atom is -0.362 e. The Morgan fingerprint density at radius 1 is 1.55 bits per heavy atom. The summed E-state index contributed by atoms with van der Waals surface area (Å²) in [7, 11) is 0. The molecule has 1 saturated heterocycles. The van der Waals surface area contributed by atoms with Crippen molar-refractivity contribution in [2.45, 2.75) is 13.3 Å². The molecular formula is C8H12N2S. The van der Waals surface area contributed by atoms with Crippen LogP contribution in [0.1, 0.15) is 13.3 Å². The molecule has 0 saturated carbocycles. The predicted octanol–water partition coefficient (Wildman–Crippen LogP) is 1.31. The molecule has 0 bridgehead atoms. The molecule has 0 aromatic rings. The van der Waals surface area contributed by atoms with Gasteiger partial charge in [-0.2, -0.15) is 0 Å². The van der Waals surface area contributed by atoms with E-state index in [0.29, 0.717) is 0 Å².